The van der Waals surface area contributed by atoms with Crippen LogP contribution in [0.3, 0.4) is 0 Å². The number of benzene rings is 2. The Morgan fingerprint density at radius 1 is 1.03 bits per heavy atom. The summed E-state index contributed by atoms with van der Waals surface area (Å²) in [5, 5.41) is 14.9. The fourth-order valence-electron chi connectivity index (χ4n) is 3.11. The predicted octanol–water partition coefficient (Wildman–Crippen LogP) is 5.10. The number of thiazole rings is 1. The first-order valence-electron chi connectivity index (χ1n) is 10.1. The molecule has 0 unspecified atom stereocenters. The van der Waals surface area contributed by atoms with Crippen molar-refractivity contribution < 1.29 is 14.0 Å². The number of thioether (sulfide) groups is 1. The van der Waals surface area contributed by atoms with Crippen LogP contribution < -0.4 is 10.6 Å². The SMILES string of the molecule is Cc1cccc(NC(=O)c2ccccc2NC(=O)CSc2nnc(-c3sc(C)nc3C)o2)c1. The Labute approximate surface area is 198 Å². The van der Waals surface area contributed by atoms with Crippen molar-refractivity contribution in [3.63, 3.8) is 0 Å². The van der Waals surface area contributed by atoms with E-state index in [4.69, 9.17) is 4.42 Å². The van der Waals surface area contributed by atoms with Crippen LogP contribution in [-0.2, 0) is 4.79 Å². The number of hydrogen-bond donors (Lipinski definition) is 2. The molecule has 2 aromatic heterocycles. The summed E-state index contributed by atoms with van der Waals surface area (Å²) in [6.07, 6.45) is 0. The Hall–Kier alpha value is -3.50. The van der Waals surface area contributed by atoms with Crippen LogP contribution in [-0.4, -0.2) is 32.7 Å². The maximum Gasteiger partial charge on any atom is 0.277 e. The van der Waals surface area contributed by atoms with Gasteiger partial charge in [0, 0.05) is 5.69 Å². The molecule has 0 aliphatic carbocycles. The highest BCUT2D eigenvalue weighted by atomic mass is 32.2. The summed E-state index contributed by atoms with van der Waals surface area (Å²) in [6.45, 7) is 5.75. The first-order chi connectivity index (χ1) is 15.9. The van der Waals surface area contributed by atoms with Gasteiger partial charge in [-0.05, 0) is 50.6 Å². The van der Waals surface area contributed by atoms with Crippen LogP contribution in [0.15, 0.2) is 58.2 Å². The van der Waals surface area contributed by atoms with Gasteiger partial charge in [0.2, 0.25) is 5.91 Å². The maximum absolute atomic E-state index is 12.8. The molecule has 2 N–H and O–H groups in total. The summed E-state index contributed by atoms with van der Waals surface area (Å²) in [7, 11) is 0. The van der Waals surface area contributed by atoms with Crippen molar-refractivity contribution >= 4 is 46.3 Å². The van der Waals surface area contributed by atoms with E-state index in [1.165, 1.54) is 11.3 Å². The normalized spacial score (nSPS) is 10.8. The van der Waals surface area contributed by atoms with Crippen molar-refractivity contribution in [2.24, 2.45) is 0 Å². The molecule has 4 aromatic rings. The van der Waals surface area contributed by atoms with Crippen molar-refractivity contribution in [1.82, 2.24) is 15.2 Å². The lowest BCUT2D eigenvalue weighted by Crippen LogP contribution is -2.19. The Kier molecular flexibility index (Phi) is 6.85. The molecule has 8 nitrogen and oxygen atoms in total. The second-order valence-corrected chi connectivity index (χ2v) is 9.36. The van der Waals surface area contributed by atoms with Crippen molar-refractivity contribution in [2.45, 2.75) is 26.0 Å². The zero-order valence-electron chi connectivity index (χ0n) is 18.2. The van der Waals surface area contributed by atoms with Crippen LogP contribution in [0.5, 0.6) is 0 Å². The monoisotopic (exact) mass is 479 g/mol. The van der Waals surface area contributed by atoms with Crippen molar-refractivity contribution in [2.75, 3.05) is 16.4 Å². The molecule has 0 spiro atoms. The zero-order valence-corrected chi connectivity index (χ0v) is 19.8. The number of hydrogen-bond acceptors (Lipinski definition) is 8. The average molecular weight is 480 g/mol. The highest BCUT2D eigenvalue weighted by Gasteiger charge is 2.17. The van der Waals surface area contributed by atoms with Crippen LogP contribution >= 0.6 is 23.1 Å². The number of aromatic nitrogens is 3. The van der Waals surface area contributed by atoms with Crippen LogP contribution in [0.4, 0.5) is 11.4 Å². The van der Waals surface area contributed by atoms with Gasteiger partial charge in [0.25, 0.3) is 17.0 Å². The average Bonchev–Trinajstić information content (AvgIpc) is 3.38. The fourth-order valence-corrected chi connectivity index (χ4v) is 4.52. The highest BCUT2D eigenvalue weighted by Crippen LogP contribution is 2.30. The lowest BCUT2D eigenvalue weighted by atomic mass is 10.1. The molecule has 2 amide bonds. The van der Waals surface area contributed by atoms with Gasteiger partial charge in [0.1, 0.15) is 4.88 Å². The zero-order chi connectivity index (χ0) is 23.4. The summed E-state index contributed by atoms with van der Waals surface area (Å²) in [5.41, 5.74) is 3.35. The van der Waals surface area contributed by atoms with Crippen LogP contribution in [0.25, 0.3) is 10.8 Å². The third-order valence-corrected chi connectivity index (χ3v) is 6.43. The van der Waals surface area contributed by atoms with Gasteiger partial charge in [-0.15, -0.1) is 21.5 Å². The van der Waals surface area contributed by atoms with Gasteiger partial charge in [-0.25, -0.2) is 4.98 Å². The Bertz CT molecular complexity index is 1310. The summed E-state index contributed by atoms with van der Waals surface area (Å²) in [4.78, 5) is 30.5. The number of nitrogens with zero attached hydrogens (tertiary/aromatic N) is 3. The molecule has 33 heavy (non-hydrogen) atoms. The van der Waals surface area contributed by atoms with Gasteiger partial charge in [-0.1, -0.05) is 36.0 Å². The molecule has 0 saturated carbocycles. The molecule has 0 saturated heterocycles. The third kappa shape index (κ3) is 5.65. The number of carbonyl (C=O) groups is 2. The van der Waals surface area contributed by atoms with E-state index in [0.717, 1.165) is 32.9 Å². The molecule has 4 rings (SSSR count). The molecule has 0 bridgehead atoms. The summed E-state index contributed by atoms with van der Waals surface area (Å²) in [6, 6.07) is 14.4. The quantitative estimate of drug-likeness (QED) is 0.355. The van der Waals surface area contributed by atoms with Crippen LogP contribution in [0.1, 0.15) is 26.6 Å². The van der Waals surface area contributed by atoms with Gasteiger partial charge >= 0.3 is 0 Å². The van der Waals surface area contributed by atoms with Gasteiger partial charge in [0.15, 0.2) is 0 Å². The molecule has 168 valence electrons. The minimum absolute atomic E-state index is 0.0518. The third-order valence-electron chi connectivity index (χ3n) is 4.55. The molecule has 2 aromatic carbocycles. The highest BCUT2D eigenvalue weighted by molar-refractivity contribution is 7.99. The number of para-hydroxylation sites is 1. The Morgan fingerprint density at radius 2 is 1.85 bits per heavy atom. The molecular formula is C23H21N5O3S2. The van der Waals surface area contributed by atoms with Crippen LogP contribution in [0.2, 0.25) is 0 Å². The number of aryl methyl sites for hydroxylation is 3. The van der Waals surface area contributed by atoms with E-state index in [0.29, 0.717) is 22.8 Å². The lowest BCUT2D eigenvalue weighted by molar-refractivity contribution is -0.113. The minimum Gasteiger partial charge on any atom is -0.410 e. The Morgan fingerprint density at radius 3 is 2.61 bits per heavy atom. The van der Waals surface area contributed by atoms with Gasteiger partial charge < -0.3 is 15.1 Å². The summed E-state index contributed by atoms with van der Waals surface area (Å²) < 4.78 is 5.67. The first-order valence-corrected chi connectivity index (χ1v) is 11.9. The molecule has 0 aliphatic heterocycles. The Balaban J connectivity index is 1.38. The second-order valence-electron chi connectivity index (χ2n) is 7.23. The minimum atomic E-state index is -0.305. The van der Waals surface area contributed by atoms with Crippen molar-refractivity contribution in [3.05, 3.63) is 70.4 Å². The first kappa shape index (κ1) is 22.7. The van der Waals surface area contributed by atoms with Crippen molar-refractivity contribution in [3.8, 4) is 10.8 Å². The number of rotatable bonds is 7. The molecule has 0 atom stereocenters. The second kappa shape index (κ2) is 9.97. The molecule has 0 aliphatic rings. The van der Waals surface area contributed by atoms with Crippen molar-refractivity contribution in [1.29, 1.82) is 0 Å². The fraction of sp³-hybridized carbons (Fsp3) is 0.174. The van der Waals surface area contributed by atoms with E-state index in [9.17, 15) is 9.59 Å². The molecular weight excluding hydrogens is 458 g/mol. The standard InChI is InChI=1S/C23H21N5O3S2/c1-13-7-6-8-16(11-13)25-21(30)17-9-4-5-10-18(17)26-19(29)12-32-23-28-27-22(31-23)20-14(2)24-15(3)33-20/h4-11H,12H2,1-3H3,(H,25,30)(H,26,29). The van der Waals surface area contributed by atoms with Gasteiger partial charge in [0.05, 0.1) is 27.7 Å². The summed E-state index contributed by atoms with van der Waals surface area (Å²) >= 11 is 2.60. The van der Waals surface area contributed by atoms with Crippen LogP contribution in [0, 0.1) is 20.8 Å². The van der Waals surface area contributed by atoms with E-state index in [1.54, 1.807) is 24.3 Å². The van der Waals surface area contributed by atoms with Gasteiger partial charge in [-0.2, -0.15) is 0 Å². The number of carbonyl (C=O) groups excluding carboxylic acids is 2. The predicted molar refractivity (Wildman–Crippen MR) is 130 cm³/mol. The van der Waals surface area contributed by atoms with E-state index in [1.807, 2.05) is 45.0 Å². The molecule has 0 fully saturated rings. The van der Waals surface area contributed by atoms with Gasteiger partial charge in [-0.3, -0.25) is 9.59 Å². The topological polar surface area (TPSA) is 110 Å². The lowest BCUT2D eigenvalue weighted by Gasteiger charge is -2.11. The number of anilines is 2. The summed E-state index contributed by atoms with van der Waals surface area (Å²) in [5.74, 6) is -0.156. The largest absolute Gasteiger partial charge is 0.410 e. The molecule has 10 heteroatoms. The molecule has 0 radical (unpaired) electrons. The number of amides is 2. The van der Waals surface area contributed by atoms with E-state index in [2.05, 4.69) is 25.8 Å². The van der Waals surface area contributed by atoms with E-state index >= 15 is 0 Å². The van der Waals surface area contributed by atoms with E-state index < -0.39 is 0 Å². The van der Waals surface area contributed by atoms with E-state index in [-0.39, 0.29) is 22.8 Å². The maximum atomic E-state index is 12.8. The number of nitrogens with one attached hydrogen (secondary N) is 2. The molecule has 2 heterocycles. The smallest absolute Gasteiger partial charge is 0.277 e.